The minimum absolute atomic E-state index is 0.129. The first-order chi connectivity index (χ1) is 7.84. The monoisotopic (exact) mass is 235 g/mol. The van der Waals surface area contributed by atoms with Crippen molar-refractivity contribution in [3.05, 3.63) is 35.4 Å². The molecule has 94 valence electrons. The highest BCUT2D eigenvalue weighted by molar-refractivity contribution is 5.72. The lowest BCUT2D eigenvalue weighted by Crippen LogP contribution is -2.28. The maximum atomic E-state index is 11.4. The average Bonchev–Trinajstić information content (AvgIpc) is 2.27. The summed E-state index contributed by atoms with van der Waals surface area (Å²) < 4.78 is 4.72. The van der Waals surface area contributed by atoms with E-state index in [-0.39, 0.29) is 17.4 Å². The molecule has 3 nitrogen and oxygen atoms in total. The Morgan fingerprint density at radius 2 is 2.12 bits per heavy atom. The zero-order valence-electron chi connectivity index (χ0n) is 11.0. The maximum absolute atomic E-state index is 11.4. The van der Waals surface area contributed by atoms with Gasteiger partial charge in [0.25, 0.3) is 0 Å². The van der Waals surface area contributed by atoms with Gasteiger partial charge in [-0.15, -0.1) is 0 Å². The molecule has 0 aliphatic carbocycles. The highest BCUT2D eigenvalue weighted by Gasteiger charge is 2.17. The van der Waals surface area contributed by atoms with Crippen LogP contribution < -0.4 is 5.73 Å². The van der Waals surface area contributed by atoms with Gasteiger partial charge in [-0.1, -0.05) is 31.2 Å². The second-order valence-corrected chi connectivity index (χ2v) is 5.05. The summed E-state index contributed by atoms with van der Waals surface area (Å²) in [5, 5.41) is 0. The van der Waals surface area contributed by atoms with Crippen LogP contribution in [-0.2, 0) is 21.5 Å². The normalized spacial score (nSPS) is 13.2. The molecular weight excluding hydrogens is 214 g/mol. The van der Waals surface area contributed by atoms with Gasteiger partial charge in [0.1, 0.15) is 0 Å². The standard InChI is InChI=1S/C14H21NO2/c1-10(13(16)17-4)8-11-6-5-7-12(9-11)14(2,3)15/h5-7,9-10H,8,15H2,1-4H3. The first kappa shape index (κ1) is 13.7. The Morgan fingerprint density at radius 3 is 2.65 bits per heavy atom. The van der Waals surface area contributed by atoms with Gasteiger partial charge in [0, 0.05) is 5.54 Å². The number of carbonyl (C=O) groups excluding carboxylic acids is 1. The highest BCUT2D eigenvalue weighted by atomic mass is 16.5. The molecule has 0 aliphatic rings. The number of hydrogen-bond acceptors (Lipinski definition) is 3. The highest BCUT2D eigenvalue weighted by Crippen LogP contribution is 2.19. The van der Waals surface area contributed by atoms with Crippen LogP contribution in [0.2, 0.25) is 0 Å². The van der Waals surface area contributed by atoms with Gasteiger partial charge in [0.15, 0.2) is 0 Å². The summed E-state index contributed by atoms with van der Waals surface area (Å²) in [7, 11) is 1.41. The number of methoxy groups -OCH3 is 1. The van der Waals surface area contributed by atoms with Crippen molar-refractivity contribution in [2.75, 3.05) is 7.11 Å². The van der Waals surface area contributed by atoms with E-state index >= 15 is 0 Å². The summed E-state index contributed by atoms with van der Waals surface area (Å²) in [6.45, 7) is 5.80. The third-order valence-electron chi connectivity index (χ3n) is 2.82. The van der Waals surface area contributed by atoms with Crippen LogP contribution in [0.15, 0.2) is 24.3 Å². The lowest BCUT2D eigenvalue weighted by molar-refractivity contribution is -0.144. The molecule has 3 heteroatoms. The number of hydrogen-bond donors (Lipinski definition) is 1. The van der Waals surface area contributed by atoms with Crippen LogP contribution in [-0.4, -0.2) is 13.1 Å². The Kier molecular flexibility index (Phi) is 4.29. The number of nitrogens with two attached hydrogens (primary N) is 1. The molecule has 17 heavy (non-hydrogen) atoms. The van der Waals surface area contributed by atoms with Crippen molar-refractivity contribution in [2.24, 2.45) is 11.7 Å². The molecule has 0 heterocycles. The Labute approximate surface area is 103 Å². The van der Waals surface area contributed by atoms with Gasteiger partial charge in [-0.25, -0.2) is 0 Å². The summed E-state index contributed by atoms with van der Waals surface area (Å²) in [5.41, 5.74) is 7.88. The van der Waals surface area contributed by atoms with Crippen LogP contribution >= 0.6 is 0 Å². The Bertz CT molecular complexity index is 393. The molecule has 0 aromatic heterocycles. The molecule has 0 saturated carbocycles. The molecule has 0 saturated heterocycles. The predicted molar refractivity (Wildman–Crippen MR) is 68.5 cm³/mol. The third kappa shape index (κ3) is 3.86. The number of rotatable bonds is 4. The molecule has 0 fully saturated rings. The Hall–Kier alpha value is -1.35. The van der Waals surface area contributed by atoms with Crippen molar-refractivity contribution in [1.29, 1.82) is 0 Å². The van der Waals surface area contributed by atoms with Gasteiger partial charge in [0.05, 0.1) is 13.0 Å². The second kappa shape index (κ2) is 5.32. The molecule has 0 amide bonds. The summed E-state index contributed by atoms with van der Waals surface area (Å²) in [5.74, 6) is -0.307. The predicted octanol–water partition coefficient (Wildman–Crippen LogP) is 2.23. The van der Waals surface area contributed by atoms with E-state index in [0.717, 1.165) is 11.1 Å². The Morgan fingerprint density at radius 1 is 1.47 bits per heavy atom. The first-order valence-electron chi connectivity index (χ1n) is 5.80. The third-order valence-corrected chi connectivity index (χ3v) is 2.82. The lowest BCUT2D eigenvalue weighted by atomic mass is 9.92. The van der Waals surface area contributed by atoms with Crippen molar-refractivity contribution in [2.45, 2.75) is 32.7 Å². The lowest BCUT2D eigenvalue weighted by Gasteiger charge is -2.20. The van der Waals surface area contributed by atoms with Gasteiger partial charge in [-0.2, -0.15) is 0 Å². The van der Waals surface area contributed by atoms with Gasteiger partial charge < -0.3 is 10.5 Å². The summed E-state index contributed by atoms with van der Waals surface area (Å²) in [6, 6.07) is 8.05. The first-order valence-corrected chi connectivity index (χ1v) is 5.80. The minimum atomic E-state index is -0.357. The molecule has 1 aromatic rings. The molecule has 1 aromatic carbocycles. The molecule has 2 N–H and O–H groups in total. The zero-order chi connectivity index (χ0) is 13.1. The summed E-state index contributed by atoms with van der Waals surface area (Å²) >= 11 is 0. The average molecular weight is 235 g/mol. The van der Waals surface area contributed by atoms with E-state index in [1.165, 1.54) is 7.11 Å². The fraction of sp³-hybridized carbons (Fsp3) is 0.500. The maximum Gasteiger partial charge on any atom is 0.308 e. The van der Waals surface area contributed by atoms with Gasteiger partial charge in [-0.3, -0.25) is 4.79 Å². The van der Waals surface area contributed by atoms with Crippen LogP contribution in [0.5, 0.6) is 0 Å². The molecule has 0 radical (unpaired) electrons. The van der Waals surface area contributed by atoms with Crippen LogP contribution in [0.3, 0.4) is 0 Å². The zero-order valence-corrected chi connectivity index (χ0v) is 11.0. The van der Waals surface area contributed by atoms with Crippen molar-refractivity contribution in [3.8, 4) is 0 Å². The van der Waals surface area contributed by atoms with Crippen LogP contribution in [0, 0.1) is 5.92 Å². The molecule has 1 atom stereocenters. The van der Waals surface area contributed by atoms with E-state index < -0.39 is 0 Å². The summed E-state index contributed by atoms with van der Waals surface area (Å²) in [6.07, 6.45) is 0.677. The minimum Gasteiger partial charge on any atom is -0.469 e. The van der Waals surface area contributed by atoms with Crippen molar-refractivity contribution >= 4 is 5.97 Å². The topological polar surface area (TPSA) is 52.3 Å². The van der Waals surface area contributed by atoms with E-state index in [1.54, 1.807) is 0 Å². The van der Waals surface area contributed by atoms with Crippen molar-refractivity contribution in [3.63, 3.8) is 0 Å². The van der Waals surface area contributed by atoms with Crippen LogP contribution in [0.1, 0.15) is 31.9 Å². The largest absolute Gasteiger partial charge is 0.469 e. The molecule has 1 rings (SSSR count). The molecule has 0 bridgehead atoms. The van der Waals surface area contributed by atoms with Crippen LogP contribution in [0.25, 0.3) is 0 Å². The van der Waals surface area contributed by atoms with Gasteiger partial charge >= 0.3 is 5.97 Å². The number of carbonyl (C=O) groups is 1. The Balaban J connectivity index is 2.83. The van der Waals surface area contributed by atoms with Crippen molar-refractivity contribution < 1.29 is 9.53 Å². The number of esters is 1. The van der Waals surface area contributed by atoms with E-state index in [4.69, 9.17) is 10.5 Å². The molecule has 0 aliphatic heterocycles. The quantitative estimate of drug-likeness (QED) is 0.814. The summed E-state index contributed by atoms with van der Waals surface area (Å²) in [4.78, 5) is 11.4. The van der Waals surface area contributed by atoms with E-state index in [1.807, 2.05) is 39.0 Å². The fourth-order valence-electron chi connectivity index (χ4n) is 1.74. The number of benzene rings is 1. The number of ether oxygens (including phenoxy) is 1. The molecule has 0 spiro atoms. The van der Waals surface area contributed by atoms with Gasteiger partial charge in [-0.05, 0) is 31.4 Å². The van der Waals surface area contributed by atoms with Gasteiger partial charge in [0.2, 0.25) is 0 Å². The van der Waals surface area contributed by atoms with Crippen molar-refractivity contribution in [1.82, 2.24) is 0 Å². The second-order valence-electron chi connectivity index (χ2n) is 5.05. The molecule has 1 unspecified atom stereocenters. The smallest absolute Gasteiger partial charge is 0.308 e. The fourth-order valence-corrected chi connectivity index (χ4v) is 1.74. The SMILES string of the molecule is COC(=O)C(C)Cc1cccc(C(C)(C)N)c1. The van der Waals surface area contributed by atoms with E-state index in [9.17, 15) is 4.79 Å². The van der Waals surface area contributed by atoms with Crippen LogP contribution in [0.4, 0.5) is 0 Å². The molecular formula is C14H21NO2. The van der Waals surface area contributed by atoms with E-state index in [2.05, 4.69) is 6.07 Å². The van der Waals surface area contributed by atoms with E-state index in [0.29, 0.717) is 6.42 Å².